The summed E-state index contributed by atoms with van der Waals surface area (Å²) in [6.07, 6.45) is -7.72. The van der Waals surface area contributed by atoms with Gasteiger partial charge in [0, 0.05) is 17.0 Å². The minimum Gasteiger partial charge on any atom is -0.394 e. The van der Waals surface area contributed by atoms with Crippen LogP contribution in [-0.2, 0) is 18.9 Å². The average molecular weight is 490 g/mol. The molecule has 152 valence electrons. The minimum atomic E-state index is -1.33. The van der Waals surface area contributed by atoms with Crippen molar-refractivity contribution in [1.29, 1.82) is 0 Å². The fourth-order valence-corrected chi connectivity index (χ4v) is 4.52. The van der Waals surface area contributed by atoms with Crippen LogP contribution in [0.2, 0.25) is 0 Å². The number of hydrogen-bond donors (Lipinski definition) is 5. The summed E-state index contributed by atoms with van der Waals surface area (Å²) in [7, 11) is 0. The van der Waals surface area contributed by atoms with Gasteiger partial charge in [0.05, 0.1) is 24.9 Å². The van der Waals surface area contributed by atoms with E-state index in [0.29, 0.717) is 30.3 Å². The molecule has 6 heterocycles. The van der Waals surface area contributed by atoms with E-state index >= 15 is 0 Å². The lowest BCUT2D eigenvalue weighted by Gasteiger charge is -2.47. The lowest BCUT2D eigenvalue weighted by molar-refractivity contribution is -0.352. The zero-order valence-corrected chi connectivity index (χ0v) is 16.4. The third kappa shape index (κ3) is 4.19. The zero-order valence-electron chi connectivity index (χ0n) is 14.3. The van der Waals surface area contributed by atoms with Crippen LogP contribution in [0.4, 0.5) is 0 Å². The minimum absolute atomic E-state index is 0.312. The monoisotopic (exact) mass is 490 g/mol. The van der Waals surface area contributed by atoms with E-state index in [1.54, 1.807) is 0 Å². The first-order valence-corrected chi connectivity index (χ1v) is 10.5. The van der Waals surface area contributed by atoms with Gasteiger partial charge in [0.2, 0.25) is 0 Å². The lowest BCUT2D eigenvalue weighted by atomic mass is 9.85. The molecule has 6 fully saturated rings. The summed E-state index contributed by atoms with van der Waals surface area (Å²) in [4.78, 5) is 0. The molecular weight excluding hydrogens is 463 g/mol. The number of alkyl halides is 1. The van der Waals surface area contributed by atoms with Crippen molar-refractivity contribution in [2.45, 2.75) is 74.6 Å². The summed E-state index contributed by atoms with van der Waals surface area (Å²) in [5, 5.41) is 51.4. The van der Waals surface area contributed by atoms with Gasteiger partial charge in [-0.1, -0.05) is 29.0 Å². The van der Waals surface area contributed by atoms with Crippen molar-refractivity contribution in [1.82, 2.24) is 0 Å². The Labute approximate surface area is 165 Å². The predicted octanol–water partition coefficient (Wildman–Crippen LogP) is -1.49. The van der Waals surface area contributed by atoms with Crippen LogP contribution in [0.5, 0.6) is 0 Å². The Morgan fingerprint density at radius 2 is 1.50 bits per heavy atom. The maximum Gasteiger partial charge on any atom is 0.187 e. The Kier molecular flexibility index (Phi) is 7.50. The first-order valence-electron chi connectivity index (χ1n) is 8.95. The summed E-state index contributed by atoms with van der Waals surface area (Å²) in [6.45, 7) is -0.0124. The number of rotatable bonds is 2. The molecule has 0 radical (unpaired) electrons. The van der Waals surface area contributed by atoms with Gasteiger partial charge in [-0.25, -0.2) is 0 Å². The normalized spacial score (nSPS) is 50.5. The molecule has 0 aliphatic carbocycles. The van der Waals surface area contributed by atoms with Gasteiger partial charge in [-0.2, -0.15) is 0 Å². The number of ether oxygens (including phenoxy) is 4. The first-order chi connectivity index (χ1) is 12.5. The van der Waals surface area contributed by atoms with Gasteiger partial charge in [-0.15, -0.1) is 0 Å². The van der Waals surface area contributed by atoms with Crippen LogP contribution in [0.3, 0.4) is 0 Å². The van der Waals surface area contributed by atoms with E-state index in [-0.39, 0.29) is 6.61 Å². The Balaban J connectivity index is 1.87. The topological polar surface area (TPSA) is 138 Å². The van der Waals surface area contributed by atoms with Crippen molar-refractivity contribution in [2.24, 2.45) is 5.92 Å². The van der Waals surface area contributed by atoms with E-state index in [4.69, 9.17) is 18.9 Å². The van der Waals surface area contributed by atoms with Gasteiger partial charge < -0.3 is 44.5 Å². The van der Waals surface area contributed by atoms with E-state index in [0.717, 1.165) is 0 Å². The van der Waals surface area contributed by atoms with E-state index in [1.165, 1.54) is 0 Å². The highest BCUT2D eigenvalue weighted by Gasteiger charge is 2.50. The average Bonchev–Trinajstić information content (AvgIpc) is 2.64. The van der Waals surface area contributed by atoms with Crippen molar-refractivity contribution in [3.8, 4) is 0 Å². The molecule has 0 saturated carbocycles. The van der Waals surface area contributed by atoms with E-state index < -0.39 is 61.2 Å². The van der Waals surface area contributed by atoms with Crippen molar-refractivity contribution >= 4 is 22.6 Å². The van der Waals surface area contributed by atoms with Crippen LogP contribution in [0.25, 0.3) is 0 Å². The van der Waals surface area contributed by atoms with Gasteiger partial charge in [-0.05, 0) is 12.8 Å². The van der Waals surface area contributed by atoms with Gasteiger partial charge in [-0.3, -0.25) is 0 Å². The first kappa shape index (κ1) is 21.1. The molecule has 10 unspecified atom stereocenters. The third-order valence-electron chi connectivity index (χ3n) is 5.33. The molecule has 0 aromatic rings. The summed E-state index contributed by atoms with van der Waals surface area (Å²) < 4.78 is 23.2. The molecular formula is C16H27IO9. The van der Waals surface area contributed by atoms with Gasteiger partial charge in [0.25, 0.3) is 0 Å². The van der Waals surface area contributed by atoms with E-state index in [2.05, 4.69) is 22.6 Å². The molecule has 10 atom stereocenters. The van der Waals surface area contributed by atoms with Crippen molar-refractivity contribution in [2.75, 3.05) is 17.6 Å². The molecule has 10 heteroatoms. The fraction of sp³-hybridized carbons (Fsp3) is 1.00. The standard InChI is InChI=1S/C16H27IO9/c17-5-8-14-11(20)13(22)15(24-8)23-4-2-1-3-7-9(6-18)25-16(26-14)12(21)10(7)19/h7-16,18-22H,1-6H2. The van der Waals surface area contributed by atoms with Crippen LogP contribution in [-0.4, -0.2) is 98.5 Å². The summed E-state index contributed by atoms with van der Waals surface area (Å²) >= 11 is 2.07. The summed E-state index contributed by atoms with van der Waals surface area (Å²) in [6, 6.07) is 0. The lowest BCUT2D eigenvalue weighted by Crippen LogP contribution is -2.63. The molecule has 6 aliphatic rings. The number of aliphatic hydroxyl groups is 5. The maximum atomic E-state index is 10.5. The molecule has 5 N–H and O–H groups in total. The van der Waals surface area contributed by atoms with Crippen LogP contribution < -0.4 is 0 Å². The Bertz CT molecular complexity index is 451. The number of hydrogen-bond acceptors (Lipinski definition) is 9. The molecule has 26 heavy (non-hydrogen) atoms. The summed E-state index contributed by atoms with van der Waals surface area (Å²) in [5.41, 5.74) is 0. The van der Waals surface area contributed by atoms with E-state index in [9.17, 15) is 25.5 Å². The molecule has 6 rings (SSSR count). The van der Waals surface area contributed by atoms with Crippen LogP contribution in [0.1, 0.15) is 19.3 Å². The van der Waals surface area contributed by atoms with Gasteiger partial charge in [0.1, 0.15) is 24.4 Å². The molecule has 9 nitrogen and oxygen atoms in total. The molecule has 6 saturated heterocycles. The second kappa shape index (κ2) is 9.25. The molecule has 0 spiro atoms. The second-order valence-electron chi connectivity index (χ2n) is 7.02. The predicted molar refractivity (Wildman–Crippen MR) is 95.5 cm³/mol. The Morgan fingerprint density at radius 3 is 2.19 bits per heavy atom. The molecule has 4 bridgehead atoms. The smallest absolute Gasteiger partial charge is 0.187 e. The second-order valence-corrected chi connectivity index (χ2v) is 7.90. The largest absolute Gasteiger partial charge is 0.394 e. The fourth-order valence-electron chi connectivity index (χ4n) is 3.81. The molecule has 0 aromatic carbocycles. The number of halogens is 1. The third-order valence-corrected chi connectivity index (χ3v) is 6.20. The molecule has 0 aromatic heterocycles. The number of aliphatic hydroxyl groups excluding tert-OH is 5. The quantitative estimate of drug-likeness (QED) is 0.232. The highest BCUT2D eigenvalue weighted by atomic mass is 127. The Hall–Kier alpha value is 0.370. The highest BCUT2D eigenvalue weighted by molar-refractivity contribution is 14.1. The van der Waals surface area contributed by atoms with Crippen molar-refractivity contribution in [3.05, 3.63) is 0 Å². The zero-order chi connectivity index (χ0) is 18.8. The van der Waals surface area contributed by atoms with Gasteiger partial charge in [0.15, 0.2) is 12.6 Å². The Morgan fingerprint density at radius 1 is 0.808 bits per heavy atom. The van der Waals surface area contributed by atoms with Crippen LogP contribution in [0, 0.1) is 5.92 Å². The SMILES string of the molecule is OCC1OC2OC3C(CI)OC(OCCCCC1C(O)C2O)C(O)C3O. The maximum absolute atomic E-state index is 10.5. The molecule has 6 aliphatic heterocycles. The summed E-state index contributed by atoms with van der Waals surface area (Å²) in [5.74, 6) is -0.429. The van der Waals surface area contributed by atoms with Crippen LogP contribution >= 0.6 is 22.6 Å². The highest BCUT2D eigenvalue weighted by Crippen LogP contribution is 2.34. The van der Waals surface area contributed by atoms with Crippen molar-refractivity contribution < 1.29 is 44.5 Å². The molecule has 0 amide bonds. The van der Waals surface area contributed by atoms with Gasteiger partial charge >= 0.3 is 0 Å². The van der Waals surface area contributed by atoms with Crippen molar-refractivity contribution in [3.63, 3.8) is 0 Å². The van der Waals surface area contributed by atoms with Crippen LogP contribution in [0.15, 0.2) is 0 Å². The van der Waals surface area contributed by atoms with E-state index in [1.807, 2.05) is 0 Å².